The molecule has 0 aliphatic carbocycles. The summed E-state index contributed by atoms with van der Waals surface area (Å²) in [6, 6.07) is 6.18. The van der Waals surface area contributed by atoms with Crippen molar-refractivity contribution in [3.05, 3.63) is 29.8 Å². The number of alkyl halides is 4. The van der Waals surface area contributed by atoms with Crippen molar-refractivity contribution in [2.24, 2.45) is 0 Å². The number of carbonyl (C=O) groups excluding carboxylic acids is 1. The normalized spacial score (nSPS) is 14.5. The summed E-state index contributed by atoms with van der Waals surface area (Å²) in [7, 11) is 0. The molecule has 0 radical (unpaired) electrons. The average Bonchev–Trinajstić information content (AvgIpc) is 2.46. The largest absolute Gasteiger partial charge is 0.321 e. The first-order valence-electron chi connectivity index (χ1n) is 6.82. The van der Waals surface area contributed by atoms with Crippen LogP contribution in [-0.2, 0) is 0 Å². The zero-order chi connectivity index (χ0) is 17.9. The summed E-state index contributed by atoms with van der Waals surface area (Å²) in [4.78, 5) is 11.8. The number of nitrogens with zero attached hydrogens (tertiary/aromatic N) is 1. The van der Waals surface area contributed by atoms with E-state index in [-0.39, 0.29) is 5.69 Å². The Morgan fingerprint density at radius 3 is 2.09 bits per heavy atom. The Labute approximate surface area is 131 Å². The highest BCUT2D eigenvalue weighted by Gasteiger charge is 2.62. The summed E-state index contributed by atoms with van der Waals surface area (Å²) >= 11 is 0. The molecule has 0 fully saturated rings. The quantitative estimate of drug-likeness (QED) is 0.797. The number of benzene rings is 1. The van der Waals surface area contributed by atoms with Gasteiger partial charge in [0.1, 0.15) is 0 Å². The number of carbonyl (C=O) groups is 1. The fourth-order valence-electron chi connectivity index (χ4n) is 1.89. The Kier molecular flexibility index (Phi) is 5.25. The van der Waals surface area contributed by atoms with Crippen LogP contribution in [0, 0.1) is 11.3 Å². The third-order valence-corrected chi connectivity index (χ3v) is 3.69. The van der Waals surface area contributed by atoms with E-state index in [2.05, 4.69) is 5.32 Å². The van der Waals surface area contributed by atoms with Crippen LogP contribution in [0.25, 0.3) is 0 Å². The summed E-state index contributed by atoms with van der Waals surface area (Å²) in [6.45, 7) is 2.00. The van der Waals surface area contributed by atoms with E-state index in [0.29, 0.717) is 19.4 Å². The SMILES string of the molecule is CCC(F)(F)C(C)(NC(=O)Nc1ccc(C#N)cc1)C(C)(F)F. The van der Waals surface area contributed by atoms with Crippen LogP contribution in [0.5, 0.6) is 0 Å². The van der Waals surface area contributed by atoms with Gasteiger partial charge in [-0.15, -0.1) is 0 Å². The highest BCUT2D eigenvalue weighted by Crippen LogP contribution is 2.42. The fraction of sp³-hybridized carbons (Fsp3) is 0.467. The van der Waals surface area contributed by atoms with Crippen molar-refractivity contribution in [3.63, 3.8) is 0 Å². The van der Waals surface area contributed by atoms with Crippen molar-refractivity contribution in [3.8, 4) is 6.07 Å². The van der Waals surface area contributed by atoms with Gasteiger partial charge in [0.25, 0.3) is 11.8 Å². The van der Waals surface area contributed by atoms with Gasteiger partial charge >= 0.3 is 6.03 Å². The standard InChI is InChI=1S/C15H17F4N3O/c1-4-15(18,19)13(2,14(3,16)17)22-12(23)21-11-7-5-10(9-20)6-8-11/h5-8H,4H2,1-3H3,(H2,21,22,23). The highest BCUT2D eigenvalue weighted by molar-refractivity contribution is 5.90. The molecular formula is C15H17F4N3O. The van der Waals surface area contributed by atoms with Gasteiger partial charge in [-0.1, -0.05) is 6.92 Å². The van der Waals surface area contributed by atoms with Gasteiger partial charge in [-0.3, -0.25) is 0 Å². The third kappa shape index (κ3) is 3.92. The second-order valence-corrected chi connectivity index (χ2v) is 5.34. The molecule has 0 saturated heterocycles. The first-order chi connectivity index (χ1) is 10.5. The van der Waals surface area contributed by atoms with Crippen molar-refractivity contribution in [2.75, 3.05) is 5.32 Å². The Morgan fingerprint density at radius 2 is 1.70 bits per heavy atom. The Bertz CT molecular complexity index is 605. The molecule has 1 aromatic rings. The second kappa shape index (κ2) is 6.44. The second-order valence-electron chi connectivity index (χ2n) is 5.34. The molecule has 0 aliphatic heterocycles. The van der Waals surface area contributed by atoms with E-state index in [0.717, 1.165) is 6.92 Å². The van der Waals surface area contributed by atoms with Gasteiger partial charge in [-0.2, -0.15) is 5.26 Å². The summed E-state index contributed by atoms with van der Waals surface area (Å²) in [5, 5.41) is 12.5. The van der Waals surface area contributed by atoms with E-state index in [1.165, 1.54) is 24.3 Å². The van der Waals surface area contributed by atoms with Crippen LogP contribution in [0.1, 0.15) is 32.8 Å². The van der Waals surface area contributed by atoms with Crippen LogP contribution in [0.4, 0.5) is 28.0 Å². The van der Waals surface area contributed by atoms with Crippen LogP contribution < -0.4 is 10.6 Å². The summed E-state index contributed by atoms with van der Waals surface area (Å²) < 4.78 is 55.3. The lowest BCUT2D eigenvalue weighted by Gasteiger charge is -2.41. The summed E-state index contributed by atoms with van der Waals surface area (Å²) in [5.74, 6) is -7.66. The zero-order valence-electron chi connectivity index (χ0n) is 12.9. The molecule has 0 aliphatic rings. The maximum Gasteiger partial charge on any atom is 0.320 e. The zero-order valence-corrected chi connectivity index (χ0v) is 12.9. The van der Waals surface area contributed by atoms with Crippen LogP contribution in [-0.4, -0.2) is 23.4 Å². The molecule has 0 bridgehead atoms. The van der Waals surface area contributed by atoms with Gasteiger partial charge in [0.15, 0.2) is 5.54 Å². The summed E-state index contributed by atoms with van der Waals surface area (Å²) in [5.41, 5.74) is -2.53. The smallest absolute Gasteiger partial charge is 0.320 e. The van der Waals surface area contributed by atoms with Gasteiger partial charge in [-0.25, -0.2) is 22.4 Å². The van der Waals surface area contributed by atoms with Gasteiger partial charge in [0.05, 0.1) is 11.6 Å². The first kappa shape index (κ1) is 18.7. The van der Waals surface area contributed by atoms with Crippen molar-refractivity contribution >= 4 is 11.7 Å². The van der Waals surface area contributed by atoms with Crippen LogP contribution >= 0.6 is 0 Å². The van der Waals surface area contributed by atoms with Crippen molar-refractivity contribution in [2.45, 2.75) is 44.6 Å². The van der Waals surface area contributed by atoms with Crippen molar-refractivity contribution in [1.82, 2.24) is 5.32 Å². The number of urea groups is 1. The van der Waals surface area contributed by atoms with Crippen LogP contribution in [0.15, 0.2) is 24.3 Å². The van der Waals surface area contributed by atoms with Gasteiger partial charge < -0.3 is 10.6 Å². The maximum absolute atomic E-state index is 13.9. The molecule has 126 valence electrons. The van der Waals surface area contributed by atoms with E-state index in [1.54, 1.807) is 5.32 Å². The number of halogens is 4. The van der Waals surface area contributed by atoms with E-state index in [1.807, 2.05) is 6.07 Å². The van der Waals surface area contributed by atoms with Gasteiger partial charge in [0.2, 0.25) is 0 Å². The molecule has 0 spiro atoms. The lowest BCUT2D eigenvalue weighted by molar-refractivity contribution is -0.183. The molecule has 2 N–H and O–H groups in total. The van der Waals surface area contributed by atoms with Crippen molar-refractivity contribution in [1.29, 1.82) is 5.26 Å². The molecule has 0 saturated carbocycles. The molecule has 1 rings (SSSR count). The Balaban J connectivity index is 2.96. The lowest BCUT2D eigenvalue weighted by atomic mass is 9.85. The number of amides is 2. The minimum Gasteiger partial charge on any atom is -0.321 e. The molecule has 4 nitrogen and oxygen atoms in total. The molecule has 0 heterocycles. The topological polar surface area (TPSA) is 64.9 Å². The number of hydrogen-bond donors (Lipinski definition) is 2. The Hall–Kier alpha value is -2.30. The minimum atomic E-state index is -3.85. The third-order valence-electron chi connectivity index (χ3n) is 3.69. The predicted octanol–water partition coefficient (Wildman–Crippen LogP) is 4.14. The fourth-order valence-corrected chi connectivity index (χ4v) is 1.89. The number of rotatable bonds is 5. The van der Waals surface area contributed by atoms with E-state index >= 15 is 0 Å². The van der Waals surface area contributed by atoms with E-state index in [9.17, 15) is 22.4 Å². The van der Waals surface area contributed by atoms with Gasteiger partial charge in [-0.05, 0) is 31.2 Å². The average molecular weight is 331 g/mol. The number of anilines is 1. The van der Waals surface area contributed by atoms with E-state index < -0.39 is 29.8 Å². The van der Waals surface area contributed by atoms with Gasteiger partial charge in [0, 0.05) is 19.0 Å². The molecular weight excluding hydrogens is 314 g/mol. The highest BCUT2D eigenvalue weighted by atomic mass is 19.3. The molecule has 8 heteroatoms. The van der Waals surface area contributed by atoms with E-state index in [4.69, 9.17) is 5.26 Å². The molecule has 1 aromatic carbocycles. The summed E-state index contributed by atoms with van der Waals surface area (Å²) in [6.07, 6.45) is -0.857. The van der Waals surface area contributed by atoms with Crippen molar-refractivity contribution < 1.29 is 22.4 Å². The Morgan fingerprint density at radius 1 is 1.17 bits per heavy atom. The molecule has 0 aromatic heterocycles. The number of nitrogens with one attached hydrogen (secondary N) is 2. The van der Waals surface area contributed by atoms with Crippen LogP contribution in [0.3, 0.4) is 0 Å². The minimum absolute atomic E-state index is 0.183. The molecule has 1 atom stereocenters. The number of nitriles is 1. The first-order valence-corrected chi connectivity index (χ1v) is 6.82. The molecule has 2 amide bonds. The molecule has 1 unspecified atom stereocenters. The maximum atomic E-state index is 13.9. The van der Waals surface area contributed by atoms with Crippen LogP contribution in [0.2, 0.25) is 0 Å². The monoisotopic (exact) mass is 331 g/mol. The molecule has 23 heavy (non-hydrogen) atoms. The lowest BCUT2D eigenvalue weighted by Crippen LogP contribution is -2.67. The predicted molar refractivity (Wildman–Crippen MR) is 77.6 cm³/mol. The number of hydrogen-bond acceptors (Lipinski definition) is 2.